The zero-order chi connectivity index (χ0) is 9.68. The molecule has 70 valence electrons. The van der Waals surface area contributed by atoms with Gasteiger partial charge in [0.05, 0.1) is 0 Å². The van der Waals surface area contributed by atoms with Gasteiger partial charge >= 0.3 is 0 Å². The van der Waals surface area contributed by atoms with Crippen LogP contribution in [0.2, 0.25) is 0 Å². The lowest BCUT2D eigenvalue weighted by Crippen LogP contribution is -2.12. The molecular formula is C12H17N. The largest absolute Gasteiger partial charge is 0.309 e. The molecule has 0 saturated heterocycles. The van der Waals surface area contributed by atoms with E-state index in [0.29, 0.717) is 0 Å². The molecule has 0 aliphatic rings. The maximum absolute atomic E-state index is 4.07. The van der Waals surface area contributed by atoms with Crippen molar-refractivity contribution in [3.05, 3.63) is 42.5 Å². The zero-order valence-electron chi connectivity index (χ0n) is 8.46. The number of hydrogen-bond donors (Lipinski definition) is 0. The Labute approximate surface area is 80.7 Å². The van der Waals surface area contributed by atoms with Crippen LogP contribution in [0, 0.1) is 0 Å². The van der Waals surface area contributed by atoms with E-state index < -0.39 is 0 Å². The molecule has 0 spiro atoms. The molecule has 0 bridgehead atoms. The summed E-state index contributed by atoms with van der Waals surface area (Å²) >= 11 is 0. The zero-order valence-corrected chi connectivity index (χ0v) is 8.46. The maximum Gasteiger partial charge on any atom is 0.00157 e. The lowest BCUT2D eigenvalue weighted by atomic mass is 10.1. The van der Waals surface area contributed by atoms with Gasteiger partial charge in [0, 0.05) is 6.54 Å². The van der Waals surface area contributed by atoms with E-state index in [9.17, 15) is 0 Å². The molecule has 0 aliphatic heterocycles. The second-order valence-corrected chi connectivity index (χ2v) is 3.52. The van der Waals surface area contributed by atoms with Gasteiger partial charge in [0.15, 0.2) is 0 Å². The molecule has 0 amide bonds. The Bertz CT molecular complexity index is 262. The summed E-state index contributed by atoms with van der Waals surface area (Å²) in [5.41, 5.74) is 2.47. The van der Waals surface area contributed by atoms with E-state index in [1.54, 1.807) is 0 Å². The predicted molar refractivity (Wildman–Crippen MR) is 58.6 cm³/mol. The number of hydrogen-bond acceptors (Lipinski definition) is 1. The molecule has 1 aromatic rings. The van der Waals surface area contributed by atoms with Crippen molar-refractivity contribution < 1.29 is 0 Å². The first kappa shape index (κ1) is 10.0. The van der Waals surface area contributed by atoms with Crippen molar-refractivity contribution in [1.82, 2.24) is 4.90 Å². The molecule has 1 nitrogen and oxygen atoms in total. The Hall–Kier alpha value is -1.08. The summed E-state index contributed by atoms with van der Waals surface area (Å²) in [7, 11) is 4.16. The lowest BCUT2D eigenvalue weighted by Gasteiger charge is -2.10. The van der Waals surface area contributed by atoms with E-state index in [0.717, 1.165) is 13.0 Å². The first-order valence-corrected chi connectivity index (χ1v) is 4.58. The SMILES string of the molecule is C=C(CCN(C)C)c1ccccc1. The molecule has 0 unspecified atom stereocenters. The standard InChI is InChI=1S/C12H17N/c1-11(9-10-13(2)3)12-7-5-4-6-8-12/h4-8H,1,9-10H2,2-3H3. The van der Waals surface area contributed by atoms with Crippen LogP contribution in [0.3, 0.4) is 0 Å². The minimum atomic E-state index is 1.04. The molecule has 13 heavy (non-hydrogen) atoms. The highest BCUT2D eigenvalue weighted by Gasteiger charge is 1.98. The molecule has 0 fully saturated rings. The van der Waals surface area contributed by atoms with E-state index in [1.807, 2.05) is 6.07 Å². The lowest BCUT2D eigenvalue weighted by molar-refractivity contribution is 0.419. The van der Waals surface area contributed by atoms with Gasteiger partial charge < -0.3 is 4.90 Å². The van der Waals surface area contributed by atoms with Gasteiger partial charge in [0.2, 0.25) is 0 Å². The van der Waals surface area contributed by atoms with E-state index in [4.69, 9.17) is 0 Å². The highest BCUT2D eigenvalue weighted by atomic mass is 15.0. The summed E-state index contributed by atoms with van der Waals surface area (Å²) in [6, 6.07) is 10.4. The van der Waals surface area contributed by atoms with Crippen molar-refractivity contribution in [2.75, 3.05) is 20.6 Å². The Morgan fingerprint density at radius 3 is 2.38 bits per heavy atom. The second-order valence-electron chi connectivity index (χ2n) is 3.52. The van der Waals surface area contributed by atoms with Crippen LogP contribution in [0.25, 0.3) is 5.57 Å². The van der Waals surface area contributed by atoms with Gasteiger partial charge in [-0.3, -0.25) is 0 Å². The van der Waals surface area contributed by atoms with Crippen LogP contribution in [0.5, 0.6) is 0 Å². The van der Waals surface area contributed by atoms with Gasteiger partial charge in [0.1, 0.15) is 0 Å². The van der Waals surface area contributed by atoms with Crippen LogP contribution in [-0.2, 0) is 0 Å². The third-order valence-electron chi connectivity index (χ3n) is 2.04. The highest BCUT2D eigenvalue weighted by Crippen LogP contribution is 2.14. The Balaban J connectivity index is 2.50. The molecule has 0 saturated carbocycles. The van der Waals surface area contributed by atoms with Crippen molar-refractivity contribution in [3.8, 4) is 0 Å². The fourth-order valence-corrected chi connectivity index (χ4v) is 1.18. The van der Waals surface area contributed by atoms with Crippen LogP contribution >= 0.6 is 0 Å². The topological polar surface area (TPSA) is 3.24 Å². The number of rotatable bonds is 4. The fourth-order valence-electron chi connectivity index (χ4n) is 1.18. The molecule has 0 aromatic heterocycles. The summed E-state index contributed by atoms with van der Waals surface area (Å²) in [4.78, 5) is 2.17. The van der Waals surface area contributed by atoms with Gasteiger partial charge in [-0.1, -0.05) is 36.9 Å². The monoisotopic (exact) mass is 175 g/mol. The van der Waals surface area contributed by atoms with Crippen molar-refractivity contribution in [1.29, 1.82) is 0 Å². The summed E-state index contributed by atoms with van der Waals surface area (Å²) < 4.78 is 0. The van der Waals surface area contributed by atoms with Crippen molar-refractivity contribution in [2.24, 2.45) is 0 Å². The minimum Gasteiger partial charge on any atom is -0.309 e. The molecule has 0 atom stereocenters. The van der Waals surface area contributed by atoms with E-state index in [1.165, 1.54) is 11.1 Å². The van der Waals surface area contributed by atoms with Gasteiger partial charge in [0.25, 0.3) is 0 Å². The average molecular weight is 175 g/mol. The van der Waals surface area contributed by atoms with Crippen LogP contribution < -0.4 is 0 Å². The first-order valence-electron chi connectivity index (χ1n) is 4.58. The fraction of sp³-hybridized carbons (Fsp3) is 0.333. The van der Waals surface area contributed by atoms with Crippen molar-refractivity contribution in [2.45, 2.75) is 6.42 Å². The van der Waals surface area contributed by atoms with Crippen molar-refractivity contribution >= 4 is 5.57 Å². The maximum atomic E-state index is 4.07. The first-order chi connectivity index (χ1) is 6.20. The third-order valence-corrected chi connectivity index (χ3v) is 2.04. The smallest absolute Gasteiger partial charge is 0.00157 e. The number of benzene rings is 1. The third kappa shape index (κ3) is 3.43. The molecule has 1 rings (SSSR count). The summed E-state index contributed by atoms with van der Waals surface area (Å²) in [5, 5.41) is 0. The molecule has 0 aliphatic carbocycles. The molecule has 1 heteroatoms. The molecule has 0 radical (unpaired) electrons. The van der Waals surface area contributed by atoms with Crippen LogP contribution in [0.15, 0.2) is 36.9 Å². The van der Waals surface area contributed by atoms with Crippen LogP contribution in [0.4, 0.5) is 0 Å². The molecule has 1 aromatic carbocycles. The summed E-state index contributed by atoms with van der Waals surface area (Å²) in [5.74, 6) is 0. The van der Waals surface area contributed by atoms with Crippen LogP contribution in [-0.4, -0.2) is 25.5 Å². The van der Waals surface area contributed by atoms with Crippen molar-refractivity contribution in [3.63, 3.8) is 0 Å². The Morgan fingerprint density at radius 1 is 1.23 bits per heavy atom. The Morgan fingerprint density at radius 2 is 1.85 bits per heavy atom. The molecule has 0 heterocycles. The van der Waals surface area contributed by atoms with E-state index >= 15 is 0 Å². The van der Waals surface area contributed by atoms with E-state index in [-0.39, 0.29) is 0 Å². The van der Waals surface area contributed by atoms with Crippen LogP contribution in [0.1, 0.15) is 12.0 Å². The van der Waals surface area contributed by atoms with Gasteiger partial charge in [-0.15, -0.1) is 0 Å². The summed E-state index contributed by atoms with van der Waals surface area (Å²) in [6.45, 7) is 5.13. The summed E-state index contributed by atoms with van der Waals surface area (Å²) in [6.07, 6.45) is 1.04. The minimum absolute atomic E-state index is 1.04. The normalized spacial score (nSPS) is 10.4. The molecular weight excluding hydrogens is 158 g/mol. The second kappa shape index (κ2) is 4.83. The van der Waals surface area contributed by atoms with E-state index in [2.05, 4.69) is 49.8 Å². The Kier molecular flexibility index (Phi) is 3.71. The van der Waals surface area contributed by atoms with Gasteiger partial charge in [-0.25, -0.2) is 0 Å². The average Bonchev–Trinajstić information content (AvgIpc) is 2.15. The quantitative estimate of drug-likeness (QED) is 0.680. The predicted octanol–water partition coefficient (Wildman–Crippen LogP) is 2.65. The van der Waals surface area contributed by atoms with Gasteiger partial charge in [-0.05, 0) is 31.7 Å². The van der Waals surface area contributed by atoms with Gasteiger partial charge in [-0.2, -0.15) is 0 Å². The molecule has 0 N–H and O–H groups in total. The number of nitrogens with zero attached hydrogens (tertiary/aromatic N) is 1. The highest BCUT2D eigenvalue weighted by molar-refractivity contribution is 5.63.